The number of hydrogen-bond acceptors (Lipinski definition) is 0. The molecule has 1 heteroatoms. The molecule has 0 amide bonds. The maximum atomic E-state index is 2.39. The maximum absolute atomic E-state index is 2.39. The molecule has 10 aromatic rings. The van der Waals surface area contributed by atoms with E-state index in [1.54, 1.807) is 0 Å². The highest BCUT2D eigenvalue weighted by Crippen LogP contribution is 2.38. The zero-order valence-electron chi connectivity index (χ0n) is 28.0. The van der Waals surface area contributed by atoms with Crippen molar-refractivity contribution in [3.05, 3.63) is 200 Å². The van der Waals surface area contributed by atoms with Crippen LogP contribution in [0, 0.1) is 0 Å². The molecular weight excluding hydrogens is 627 g/mol. The fraction of sp³-hybridized carbons (Fsp3) is 0.0196. The van der Waals surface area contributed by atoms with Crippen LogP contribution in [0.1, 0.15) is 7.43 Å². The molecule has 0 N–H and O–H groups in total. The molecule has 0 aliphatic heterocycles. The van der Waals surface area contributed by atoms with E-state index in [0.717, 1.165) is 5.69 Å². The average molecular weight is 664 g/mol. The second kappa shape index (κ2) is 12.9. The third-order valence-corrected chi connectivity index (χ3v) is 10.4. The quantitative estimate of drug-likeness (QED) is 0.173. The van der Waals surface area contributed by atoms with Crippen molar-refractivity contribution in [1.29, 1.82) is 0 Å². The predicted octanol–water partition coefficient (Wildman–Crippen LogP) is 14.4. The van der Waals surface area contributed by atoms with Crippen LogP contribution < -0.4 is 0 Å². The number of hydrogen-bond donors (Lipinski definition) is 0. The molecular formula is C51H37N. The standard InChI is InChI=1S/C50H33N.CH4/c1-2-14-42(15-3-1)51-49-30-28-40(34-20-24-38(25-21-34)45-18-8-12-36-10-4-6-16-43(36)45)32-47(49)48-33-41(29-31-50(48)51)35-22-26-39(27-23-35)46-19-9-13-37-11-5-7-17-44(37)46;/h1-33H;1H4. The van der Waals surface area contributed by atoms with Gasteiger partial charge >= 0.3 is 0 Å². The van der Waals surface area contributed by atoms with Crippen molar-refractivity contribution in [2.75, 3.05) is 0 Å². The predicted molar refractivity (Wildman–Crippen MR) is 224 cm³/mol. The van der Waals surface area contributed by atoms with Crippen LogP contribution in [0.5, 0.6) is 0 Å². The molecule has 0 radical (unpaired) electrons. The van der Waals surface area contributed by atoms with Crippen LogP contribution in [0.2, 0.25) is 0 Å². The third-order valence-electron chi connectivity index (χ3n) is 10.4. The van der Waals surface area contributed by atoms with Gasteiger partial charge in [-0.15, -0.1) is 0 Å². The monoisotopic (exact) mass is 663 g/mol. The lowest BCUT2D eigenvalue weighted by atomic mass is 9.95. The molecule has 0 unspecified atom stereocenters. The van der Waals surface area contributed by atoms with Crippen LogP contribution in [0.15, 0.2) is 200 Å². The molecule has 0 spiro atoms. The number of aromatic nitrogens is 1. The van der Waals surface area contributed by atoms with E-state index < -0.39 is 0 Å². The van der Waals surface area contributed by atoms with E-state index in [0.29, 0.717) is 0 Å². The molecule has 0 bridgehead atoms. The van der Waals surface area contributed by atoms with Crippen molar-refractivity contribution in [1.82, 2.24) is 4.57 Å². The van der Waals surface area contributed by atoms with E-state index in [9.17, 15) is 0 Å². The molecule has 0 saturated carbocycles. The summed E-state index contributed by atoms with van der Waals surface area (Å²) < 4.78 is 2.39. The average Bonchev–Trinajstić information content (AvgIpc) is 3.54. The Balaban J connectivity index is 0.00000360. The van der Waals surface area contributed by atoms with E-state index in [1.807, 2.05) is 0 Å². The highest BCUT2D eigenvalue weighted by Gasteiger charge is 2.15. The molecule has 1 nitrogen and oxygen atoms in total. The van der Waals surface area contributed by atoms with Crippen molar-refractivity contribution in [3.63, 3.8) is 0 Å². The second-order valence-corrected chi connectivity index (χ2v) is 13.3. The van der Waals surface area contributed by atoms with Gasteiger partial charge in [0.2, 0.25) is 0 Å². The molecule has 1 aromatic heterocycles. The smallest absolute Gasteiger partial charge is 0.0541 e. The molecule has 10 rings (SSSR count). The molecule has 0 aliphatic carbocycles. The van der Waals surface area contributed by atoms with Gasteiger partial charge in [-0.05, 0) is 102 Å². The molecule has 1 heterocycles. The van der Waals surface area contributed by atoms with Crippen molar-refractivity contribution >= 4 is 43.4 Å². The first-order chi connectivity index (χ1) is 25.3. The Bertz CT molecular complexity index is 2690. The van der Waals surface area contributed by atoms with Gasteiger partial charge < -0.3 is 4.57 Å². The summed E-state index contributed by atoms with van der Waals surface area (Å²) in [6.07, 6.45) is 0. The first kappa shape index (κ1) is 31.3. The fourth-order valence-electron chi connectivity index (χ4n) is 7.88. The van der Waals surface area contributed by atoms with Crippen LogP contribution in [0.4, 0.5) is 0 Å². The Morgan fingerprint density at radius 1 is 0.269 bits per heavy atom. The van der Waals surface area contributed by atoms with Gasteiger partial charge in [-0.2, -0.15) is 0 Å². The van der Waals surface area contributed by atoms with Crippen LogP contribution >= 0.6 is 0 Å². The largest absolute Gasteiger partial charge is 0.309 e. The van der Waals surface area contributed by atoms with Gasteiger partial charge in [-0.3, -0.25) is 0 Å². The van der Waals surface area contributed by atoms with Crippen LogP contribution in [0.3, 0.4) is 0 Å². The van der Waals surface area contributed by atoms with Gasteiger partial charge in [0.25, 0.3) is 0 Å². The lowest BCUT2D eigenvalue weighted by molar-refractivity contribution is 1.18. The zero-order valence-corrected chi connectivity index (χ0v) is 28.0. The van der Waals surface area contributed by atoms with Gasteiger partial charge in [0.15, 0.2) is 0 Å². The van der Waals surface area contributed by atoms with E-state index in [-0.39, 0.29) is 7.43 Å². The Kier molecular flexibility index (Phi) is 7.75. The molecule has 0 saturated heterocycles. The summed E-state index contributed by atoms with van der Waals surface area (Å²) >= 11 is 0. The Hall–Kier alpha value is -6.70. The summed E-state index contributed by atoms with van der Waals surface area (Å²) in [6.45, 7) is 0. The number of fused-ring (bicyclic) bond motifs is 5. The minimum atomic E-state index is 0. The number of para-hydroxylation sites is 1. The maximum Gasteiger partial charge on any atom is 0.0541 e. The van der Waals surface area contributed by atoms with Crippen LogP contribution in [0.25, 0.3) is 93.5 Å². The van der Waals surface area contributed by atoms with Gasteiger partial charge in [0, 0.05) is 16.5 Å². The summed E-state index contributed by atoms with van der Waals surface area (Å²) in [7, 11) is 0. The summed E-state index contributed by atoms with van der Waals surface area (Å²) in [5, 5.41) is 7.58. The summed E-state index contributed by atoms with van der Waals surface area (Å²) in [5.74, 6) is 0. The van der Waals surface area contributed by atoms with Crippen molar-refractivity contribution in [3.8, 4) is 50.2 Å². The molecule has 9 aromatic carbocycles. The van der Waals surface area contributed by atoms with E-state index in [4.69, 9.17) is 0 Å². The summed E-state index contributed by atoms with van der Waals surface area (Å²) in [6, 6.07) is 73.0. The second-order valence-electron chi connectivity index (χ2n) is 13.3. The van der Waals surface area contributed by atoms with Crippen LogP contribution in [-0.2, 0) is 0 Å². The van der Waals surface area contributed by atoms with Crippen molar-refractivity contribution in [2.24, 2.45) is 0 Å². The minimum Gasteiger partial charge on any atom is -0.309 e. The van der Waals surface area contributed by atoms with Crippen LogP contribution in [-0.4, -0.2) is 4.57 Å². The summed E-state index contributed by atoms with van der Waals surface area (Å²) in [5.41, 5.74) is 13.4. The lowest BCUT2D eigenvalue weighted by Gasteiger charge is -2.10. The Labute approximate surface area is 304 Å². The van der Waals surface area contributed by atoms with E-state index in [1.165, 1.54) is 87.9 Å². The molecule has 0 atom stereocenters. The molecule has 0 fully saturated rings. The molecule has 52 heavy (non-hydrogen) atoms. The van der Waals surface area contributed by atoms with Crippen molar-refractivity contribution < 1.29 is 0 Å². The zero-order chi connectivity index (χ0) is 33.7. The molecule has 0 aliphatic rings. The van der Waals surface area contributed by atoms with Gasteiger partial charge in [0.1, 0.15) is 0 Å². The van der Waals surface area contributed by atoms with Gasteiger partial charge in [-0.25, -0.2) is 0 Å². The lowest BCUT2D eigenvalue weighted by Crippen LogP contribution is -1.93. The normalized spacial score (nSPS) is 11.3. The first-order valence-electron chi connectivity index (χ1n) is 17.6. The Morgan fingerprint density at radius 2 is 0.654 bits per heavy atom. The van der Waals surface area contributed by atoms with Gasteiger partial charge in [0.05, 0.1) is 11.0 Å². The first-order valence-corrected chi connectivity index (χ1v) is 17.6. The van der Waals surface area contributed by atoms with E-state index >= 15 is 0 Å². The Morgan fingerprint density at radius 3 is 1.13 bits per heavy atom. The number of nitrogens with zero attached hydrogens (tertiary/aromatic N) is 1. The summed E-state index contributed by atoms with van der Waals surface area (Å²) in [4.78, 5) is 0. The van der Waals surface area contributed by atoms with Gasteiger partial charge in [-0.1, -0.05) is 171 Å². The third kappa shape index (κ3) is 5.27. The number of benzene rings is 9. The fourth-order valence-corrected chi connectivity index (χ4v) is 7.88. The number of rotatable bonds is 5. The highest BCUT2D eigenvalue weighted by atomic mass is 15.0. The SMILES string of the molecule is C.c1ccc(-n2c3ccc(-c4ccc(-c5cccc6ccccc56)cc4)cc3c3cc(-c4ccc(-c5cccc6ccccc56)cc4)ccc32)cc1. The van der Waals surface area contributed by atoms with Crippen molar-refractivity contribution in [2.45, 2.75) is 7.43 Å². The highest BCUT2D eigenvalue weighted by molar-refractivity contribution is 6.12. The minimum absolute atomic E-state index is 0. The molecule has 246 valence electrons. The van der Waals surface area contributed by atoms with E-state index in [2.05, 4.69) is 205 Å². The topological polar surface area (TPSA) is 4.93 Å².